The second-order valence-electron chi connectivity index (χ2n) is 6.42. The van der Waals surface area contributed by atoms with Gasteiger partial charge in [-0.2, -0.15) is 0 Å². The molecular weight excluding hydrogens is 336 g/mol. The molecule has 0 radical (unpaired) electrons. The summed E-state index contributed by atoms with van der Waals surface area (Å²) in [6, 6.07) is 6.88. The molecule has 3 heterocycles. The Balaban J connectivity index is 1.36. The summed E-state index contributed by atoms with van der Waals surface area (Å²) in [6.07, 6.45) is 2.95. The summed E-state index contributed by atoms with van der Waals surface area (Å²) in [7, 11) is 0. The monoisotopic (exact) mass is 356 g/mol. The standard InChI is InChI=1S/C18H20N4O2S/c23-16-14-6-2-1-5-12(14)9-15(21-16)17(24)19-10-13-11-25-18(20-13)22-7-3-4-8-22/h1-2,5-6,11,15H,3-4,7-10H2,(H,19,24)(H,21,23)/t15-/m1/s1. The summed E-state index contributed by atoms with van der Waals surface area (Å²) in [4.78, 5) is 31.4. The summed E-state index contributed by atoms with van der Waals surface area (Å²) in [5.41, 5.74) is 2.43. The van der Waals surface area contributed by atoms with Gasteiger partial charge in [-0.25, -0.2) is 4.98 Å². The van der Waals surface area contributed by atoms with E-state index in [2.05, 4.69) is 20.5 Å². The molecule has 0 bridgehead atoms. The lowest BCUT2D eigenvalue weighted by Crippen LogP contribution is -2.50. The van der Waals surface area contributed by atoms with Crippen LogP contribution in [0, 0.1) is 0 Å². The zero-order valence-corrected chi connectivity index (χ0v) is 14.6. The Labute approximate surface area is 150 Å². The van der Waals surface area contributed by atoms with Crippen LogP contribution in [0.3, 0.4) is 0 Å². The number of aromatic nitrogens is 1. The Morgan fingerprint density at radius 2 is 2.12 bits per heavy atom. The van der Waals surface area contributed by atoms with Crippen molar-refractivity contribution >= 4 is 28.3 Å². The van der Waals surface area contributed by atoms with E-state index in [0.717, 1.165) is 29.5 Å². The molecule has 1 fully saturated rings. The quantitative estimate of drug-likeness (QED) is 0.875. The van der Waals surface area contributed by atoms with E-state index in [9.17, 15) is 9.59 Å². The van der Waals surface area contributed by atoms with Crippen LogP contribution in [0.5, 0.6) is 0 Å². The van der Waals surface area contributed by atoms with Crippen LogP contribution in [0.25, 0.3) is 0 Å². The molecule has 1 saturated heterocycles. The highest BCUT2D eigenvalue weighted by Gasteiger charge is 2.28. The molecule has 0 spiro atoms. The van der Waals surface area contributed by atoms with Gasteiger partial charge in [-0.05, 0) is 24.5 Å². The third-order valence-corrected chi connectivity index (χ3v) is 5.62. The van der Waals surface area contributed by atoms with E-state index >= 15 is 0 Å². The van der Waals surface area contributed by atoms with Crippen LogP contribution in [0.1, 0.15) is 34.5 Å². The lowest BCUT2D eigenvalue weighted by atomic mass is 9.95. The van der Waals surface area contributed by atoms with Gasteiger partial charge in [0.2, 0.25) is 5.91 Å². The number of anilines is 1. The molecule has 130 valence electrons. The van der Waals surface area contributed by atoms with Crippen molar-refractivity contribution in [1.82, 2.24) is 15.6 Å². The number of thiazole rings is 1. The highest BCUT2D eigenvalue weighted by Crippen LogP contribution is 2.24. The molecule has 2 N–H and O–H groups in total. The van der Waals surface area contributed by atoms with Crippen molar-refractivity contribution in [3.63, 3.8) is 0 Å². The van der Waals surface area contributed by atoms with E-state index in [1.165, 1.54) is 12.8 Å². The van der Waals surface area contributed by atoms with Gasteiger partial charge in [0.25, 0.3) is 5.91 Å². The summed E-state index contributed by atoms with van der Waals surface area (Å²) >= 11 is 1.62. The van der Waals surface area contributed by atoms with E-state index in [1.807, 2.05) is 23.6 Å². The number of nitrogens with zero attached hydrogens (tertiary/aromatic N) is 2. The topological polar surface area (TPSA) is 74.3 Å². The molecule has 25 heavy (non-hydrogen) atoms. The molecule has 1 atom stereocenters. The average Bonchev–Trinajstić information content (AvgIpc) is 3.31. The Morgan fingerprint density at radius 3 is 2.96 bits per heavy atom. The highest BCUT2D eigenvalue weighted by molar-refractivity contribution is 7.13. The maximum atomic E-state index is 12.4. The van der Waals surface area contributed by atoms with Crippen LogP contribution in [-0.4, -0.2) is 35.9 Å². The average molecular weight is 356 g/mol. The second kappa shape index (κ2) is 6.84. The SMILES string of the molecule is O=C1N[C@@H](C(=O)NCc2csc(N3CCCC3)n2)Cc2ccccc21. The number of carbonyl (C=O) groups excluding carboxylic acids is 2. The van der Waals surface area contributed by atoms with Gasteiger partial charge in [-0.3, -0.25) is 9.59 Å². The van der Waals surface area contributed by atoms with E-state index < -0.39 is 6.04 Å². The molecule has 7 heteroatoms. The minimum atomic E-state index is -0.529. The normalized spacial score (nSPS) is 19.4. The zero-order valence-electron chi connectivity index (χ0n) is 13.8. The fourth-order valence-electron chi connectivity index (χ4n) is 3.32. The van der Waals surface area contributed by atoms with Crippen LogP contribution in [0.2, 0.25) is 0 Å². The van der Waals surface area contributed by atoms with Crippen molar-refractivity contribution in [2.45, 2.75) is 31.8 Å². The Morgan fingerprint density at radius 1 is 1.32 bits per heavy atom. The van der Waals surface area contributed by atoms with Crippen LogP contribution >= 0.6 is 11.3 Å². The molecule has 0 aliphatic carbocycles. The number of hydrogen-bond acceptors (Lipinski definition) is 5. The number of hydrogen-bond donors (Lipinski definition) is 2. The van der Waals surface area contributed by atoms with E-state index in [1.54, 1.807) is 17.4 Å². The smallest absolute Gasteiger partial charge is 0.252 e. The van der Waals surface area contributed by atoms with Gasteiger partial charge in [0.15, 0.2) is 5.13 Å². The first-order chi connectivity index (χ1) is 12.2. The van der Waals surface area contributed by atoms with Crippen molar-refractivity contribution in [3.05, 3.63) is 46.5 Å². The van der Waals surface area contributed by atoms with Crippen LogP contribution in [0.15, 0.2) is 29.6 Å². The summed E-state index contributed by atoms with van der Waals surface area (Å²) in [6.45, 7) is 2.51. The third kappa shape index (κ3) is 3.37. The van der Waals surface area contributed by atoms with E-state index in [4.69, 9.17) is 0 Å². The van der Waals surface area contributed by atoms with E-state index in [-0.39, 0.29) is 11.8 Å². The van der Waals surface area contributed by atoms with Gasteiger partial charge in [0.1, 0.15) is 6.04 Å². The van der Waals surface area contributed by atoms with Crippen molar-refractivity contribution < 1.29 is 9.59 Å². The molecule has 0 unspecified atom stereocenters. The first-order valence-corrected chi connectivity index (χ1v) is 9.44. The number of fused-ring (bicyclic) bond motifs is 1. The lowest BCUT2D eigenvalue weighted by molar-refractivity contribution is -0.123. The molecule has 2 aliphatic rings. The molecule has 1 aromatic carbocycles. The first kappa shape index (κ1) is 16.1. The van der Waals surface area contributed by atoms with Gasteiger partial charge in [-0.15, -0.1) is 11.3 Å². The number of rotatable bonds is 4. The first-order valence-electron chi connectivity index (χ1n) is 8.56. The van der Waals surface area contributed by atoms with Crippen LogP contribution < -0.4 is 15.5 Å². The van der Waals surface area contributed by atoms with Gasteiger partial charge in [0.05, 0.1) is 12.2 Å². The fraction of sp³-hybridized carbons (Fsp3) is 0.389. The molecule has 4 rings (SSSR count). The maximum Gasteiger partial charge on any atom is 0.252 e. The molecule has 1 aromatic heterocycles. The zero-order chi connectivity index (χ0) is 17.2. The number of benzene rings is 1. The van der Waals surface area contributed by atoms with Gasteiger partial charge >= 0.3 is 0 Å². The molecule has 2 aliphatic heterocycles. The van der Waals surface area contributed by atoms with Gasteiger partial charge in [0, 0.05) is 30.5 Å². The van der Waals surface area contributed by atoms with Crippen molar-refractivity contribution in [2.75, 3.05) is 18.0 Å². The molecule has 2 amide bonds. The highest BCUT2D eigenvalue weighted by atomic mass is 32.1. The second-order valence-corrected chi connectivity index (χ2v) is 7.26. The molecule has 6 nitrogen and oxygen atoms in total. The van der Waals surface area contributed by atoms with E-state index in [0.29, 0.717) is 18.5 Å². The van der Waals surface area contributed by atoms with Crippen molar-refractivity contribution in [3.8, 4) is 0 Å². The number of amides is 2. The summed E-state index contributed by atoms with van der Waals surface area (Å²) in [5.74, 6) is -0.356. The maximum absolute atomic E-state index is 12.4. The molecular formula is C18H20N4O2S. The summed E-state index contributed by atoms with van der Waals surface area (Å²) < 4.78 is 0. The molecule has 2 aromatic rings. The predicted octanol–water partition coefficient (Wildman–Crippen LogP) is 1.71. The largest absolute Gasteiger partial charge is 0.349 e. The Bertz CT molecular complexity index is 798. The minimum Gasteiger partial charge on any atom is -0.349 e. The number of carbonyl (C=O) groups is 2. The third-order valence-electron chi connectivity index (χ3n) is 4.67. The fourth-order valence-corrected chi connectivity index (χ4v) is 4.20. The molecule has 0 saturated carbocycles. The Kier molecular flexibility index (Phi) is 4.40. The predicted molar refractivity (Wildman–Crippen MR) is 96.8 cm³/mol. The van der Waals surface area contributed by atoms with Crippen LogP contribution in [-0.2, 0) is 17.8 Å². The Hall–Kier alpha value is -2.41. The number of nitrogens with one attached hydrogen (secondary N) is 2. The van der Waals surface area contributed by atoms with Crippen molar-refractivity contribution in [2.24, 2.45) is 0 Å². The van der Waals surface area contributed by atoms with Gasteiger partial charge in [-0.1, -0.05) is 18.2 Å². The lowest BCUT2D eigenvalue weighted by Gasteiger charge is -2.24. The van der Waals surface area contributed by atoms with Crippen LogP contribution in [0.4, 0.5) is 5.13 Å². The van der Waals surface area contributed by atoms with Crippen molar-refractivity contribution in [1.29, 1.82) is 0 Å². The summed E-state index contributed by atoms with van der Waals surface area (Å²) in [5, 5.41) is 8.70. The van der Waals surface area contributed by atoms with Gasteiger partial charge < -0.3 is 15.5 Å². The minimum absolute atomic E-state index is 0.168.